The highest BCUT2D eigenvalue weighted by Gasteiger charge is 2.31. The SMILES string of the molecule is O=C(Cn1nc(C(=O)NCCCn2ccnc2)cc1C(=O)N[C@H]1CCCC[C@@H]1OCc1ccccc1)N[C@H]1CCCC[C@@H]1OCc1ccccc1. The van der Waals surface area contributed by atoms with Gasteiger partial charge in [-0.25, -0.2) is 9.67 Å². The van der Waals surface area contributed by atoms with Crippen molar-refractivity contribution in [2.75, 3.05) is 6.54 Å². The summed E-state index contributed by atoms with van der Waals surface area (Å²) in [6.45, 7) is 1.84. The lowest BCUT2D eigenvalue weighted by Gasteiger charge is -2.32. The number of ether oxygens (including phenoxy) is 2. The third kappa shape index (κ3) is 10.6. The number of imidazole rings is 1. The number of aryl methyl sites for hydroxylation is 1. The summed E-state index contributed by atoms with van der Waals surface area (Å²) in [5.74, 6) is -1.09. The van der Waals surface area contributed by atoms with Gasteiger partial charge in [-0.1, -0.05) is 86.3 Å². The second kappa shape index (κ2) is 18.4. The van der Waals surface area contributed by atoms with Gasteiger partial charge in [0.1, 0.15) is 12.2 Å². The Morgan fingerprint density at radius 2 is 1.37 bits per heavy atom. The smallest absolute Gasteiger partial charge is 0.271 e. The van der Waals surface area contributed by atoms with E-state index in [9.17, 15) is 14.4 Å². The van der Waals surface area contributed by atoms with E-state index in [1.54, 1.807) is 12.5 Å². The molecule has 0 radical (unpaired) electrons. The van der Waals surface area contributed by atoms with Crippen molar-refractivity contribution in [3.63, 3.8) is 0 Å². The molecule has 2 aliphatic rings. The molecule has 270 valence electrons. The number of nitrogens with zero attached hydrogens (tertiary/aromatic N) is 4. The van der Waals surface area contributed by atoms with Gasteiger partial charge in [0.25, 0.3) is 11.8 Å². The van der Waals surface area contributed by atoms with Crippen LogP contribution in [0.3, 0.4) is 0 Å². The Labute approximate surface area is 299 Å². The second-order valence-corrected chi connectivity index (χ2v) is 13.5. The molecule has 51 heavy (non-hydrogen) atoms. The molecule has 6 rings (SSSR count). The maximum Gasteiger partial charge on any atom is 0.271 e. The average Bonchev–Trinajstić information content (AvgIpc) is 3.84. The third-order valence-electron chi connectivity index (χ3n) is 9.66. The van der Waals surface area contributed by atoms with Gasteiger partial charge in [-0.3, -0.25) is 14.4 Å². The van der Waals surface area contributed by atoms with Gasteiger partial charge in [0.05, 0.1) is 43.8 Å². The van der Waals surface area contributed by atoms with Crippen LogP contribution in [0, 0.1) is 0 Å². The van der Waals surface area contributed by atoms with E-state index >= 15 is 0 Å². The van der Waals surface area contributed by atoms with Gasteiger partial charge < -0.3 is 30.0 Å². The molecule has 12 nitrogen and oxygen atoms in total. The van der Waals surface area contributed by atoms with E-state index in [4.69, 9.17) is 9.47 Å². The van der Waals surface area contributed by atoms with Gasteiger partial charge in [0.2, 0.25) is 5.91 Å². The number of amides is 3. The molecule has 4 aromatic rings. The van der Waals surface area contributed by atoms with Gasteiger partial charge in [0.15, 0.2) is 5.69 Å². The van der Waals surface area contributed by atoms with E-state index in [0.29, 0.717) is 32.7 Å². The number of aromatic nitrogens is 4. The molecule has 0 unspecified atom stereocenters. The van der Waals surface area contributed by atoms with Gasteiger partial charge >= 0.3 is 0 Å². The molecule has 2 aromatic heterocycles. The Morgan fingerprint density at radius 3 is 1.98 bits per heavy atom. The van der Waals surface area contributed by atoms with Crippen molar-refractivity contribution in [1.82, 2.24) is 35.3 Å². The van der Waals surface area contributed by atoms with Gasteiger partial charge in [-0.15, -0.1) is 0 Å². The van der Waals surface area contributed by atoms with Crippen LogP contribution >= 0.6 is 0 Å². The molecule has 3 amide bonds. The molecule has 0 aliphatic heterocycles. The molecule has 4 atom stereocenters. The number of carbonyl (C=O) groups is 3. The Hall–Kier alpha value is -4.81. The predicted molar refractivity (Wildman–Crippen MR) is 192 cm³/mol. The fourth-order valence-electron chi connectivity index (χ4n) is 6.91. The minimum atomic E-state index is -0.405. The number of rotatable bonds is 16. The first-order valence-corrected chi connectivity index (χ1v) is 18.2. The highest BCUT2D eigenvalue weighted by molar-refractivity contribution is 5.98. The van der Waals surface area contributed by atoms with Crippen LogP contribution in [-0.4, -0.2) is 67.9 Å². The maximum atomic E-state index is 13.9. The second-order valence-electron chi connectivity index (χ2n) is 13.5. The summed E-state index contributed by atoms with van der Waals surface area (Å²) in [5.41, 5.74) is 2.39. The van der Waals surface area contributed by atoms with Crippen LogP contribution in [0.25, 0.3) is 0 Å². The Morgan fingerprint density at radius 1 is 0.765 bits per heavy atom. The zero-order chi connectivity index (χ0) is 35.3. The van der Waals surface area contributed by atoms with Crippen molar-refractivity contribution in [1.29, 1.82) is 0 Å². The highest BCUT2D eigenvalue weighted by atomic mass is 16.5. The van der Waals surface area contributed by atoms with Crippen LogP contribution < -0.4 is 16.0 Å². The fourth-order valence-corrected chi connectivity index (χ4v) is 6.91. The first kappa shape index (κ1) is 36.0. The zero-order valence-electron chi connectivity index (χ0n) is 29.1. The molecule has 0 saturated heterocycles. The van der Waals surface area contributed by atoms with Crippen LogP contribution in [-0.2, 0) is 40.6 Å². The molecule has 3 N–H and O–H groups in total. The van der Waals surface area contributed by atoms with Crippen molar-refractivity contribution in [3.05, 3.63) is 108 Å². The number of nitrogens with one attached hydrogen (secondary N) is 3. The number of hydrogen-bond acceptors (Lipinski definition) is 7. The fraction of sp³-hybridized carbons (Fsp3) is 0.462. The van der Waals surface area contributed by atoms with Gasteiger partial charge in [-0.05, 0) is 43.2 Å². The molecule has 2 aliphatic carbocycles. The summed E-state index contributed by atoms with van der Waals surface area (Å²) in [5, 5.41) is 13.7. The normalized spacial score (nSPS) is 20.4. The summed E-state index contributed by atoms with van der Waals surface area (Å²) in [7, 11) is 0. The van der Waals surface area contributed by atoms with E-state index in [1.807, 2.05) is 71.4 Å². The van der Waals surface area contributed by atoms with Gasteiger partial charge in [0, 0.05) is 31.5 Å². The molecule has 0 bridgehead atoms. The van der Waals surface area contributed by atoms with Crippen LogP contribution in [0.15, 0.2) is 85.5 Å². The molecular formula is C39H49N7O5. The summed E-state index contributed by atoms with van der Waals surface area (Å²) >= 11 is 0. The van der Waals surface area contributed by atoms with Crippen molar-refractivity contribution in [2.45, 2.75) is 108 Å². The molecule has 2 fully saturated rings. The molecule has 2 saturated carbocycles. The first-order chi connectivity index (χ1) is 25.0. The summed E-state index contributed by atoms with van der Waals surface area (Å²) in [6.07, 6.45) is 13.0. The monoisotopic (exact) mass is 695 g/mol. The largest absolute Gasteiger partial charge is 0.371 e. The van der Waals surface area contributed by atoms with Crippen molar-refractivity contribution >= 4 is 17.7 Å². The van der Waals surface area contributed by atoms with Crippen LogP contribution in [0.5, 0.6) is 0 Å². The van der Waals surface area contributed by atoms with E-state index in [2.05, 4.69) is 26.0 Å². The van der Waals surface area contributed by atoms with Crippen molar-refractivity contribution < 1.29 is 23.9 Å². The summed E-state index contributed by atoms with van der Waals surface area (Å²) < 4.78 is 15.9. The minimum Gasteiger partial charge on any atom is -0.371 e. The molecule has 12 heteroatoms. The molecular weight excluding hydrogens is 646 g/mol. The van der Waals surface area contributed by atoms with Crippen LogP contribution in [0.2, 0.25) is 0 Å². The third-order valence-corrected chi connectivity index (χ3v) is 9.66. The summed E-state index contributed by atoms with van der Waals surface area (Å²) in [6, 6.07) is 21.1. The van der Waals surface area contributed by atoms with E-state index in [0.717, 1.165) is 62.5 Å². The van der Waals surface area contributed by atoms with E-state index < -0.39 is 11.8 Å². The lowest BCUT2D eigenvalue weighted by molar-refractivity contribution is -0.124. The quantitative estimate of drug-likeness (QED) is 0.143. The first-order valence-electron chi connectivity index (χ1n) is 18.2. The Kier molecular flexibility index (Phi) is 13.0. The molecule has 0 spiro atoms. The highest BCUT2D eigenvalue weighted by Crippen LogP contribution is 2.24. The Balaban J connectivity index is 1.12. The topological polar surface area (TPSA) is 141 Å². The lowest BCUT2D eigenvalue weighted by atomic mass is 9.92. The minimum absolute atomic E-state index is 0.0813. The van der Waals surface area contributed by atoms with Crippen LogP contribution in [0.4, 0.5) is 0 Å². The predicted octanol–water partition coefficient (Wildman–Crippen LogP) is 4.80. The van der Waals surface area contributed by atoms with Crippen molar-refractivity contribution in [2.24, 2.45) is 0 Å². The van der Waals surface area contributed by atoms with E-state index in [-0.39, 0.29) is 48.1 Å². The summed E-state index contributed by atoms with van der Waals surface area (Å²) in [4.78, 5) is 44.7. The Bertz CT molecular complexity index is 1680. The number of hydrogen-bond donors (Lipinski definition) is 3. The average molecular weight is 696 g/mol. The molecule has 2 heterocycles. The number of carbonyl (C=O) groups excluding carboxylic acids is 3. The maximum absolute atomic E-state index is 13.9. The van der Waals surface area contributed by atoms with E-state index in [1.165, 1.54) is 10.7 Å². The number of benzene rings is 2. The standard InChI is InChI=1S/C39H49N7O5/c47-37(42-31-16-7-9-18-35(31)50-26-29-12-3-1-4-13-29)25-46-34(24-33(44-46)38(48)41-20-11-22-45-23-21-40-28-45)39(49)43-32-17-8-10-19-36(32)51-27-30-14-5-2-6-15-30/h1-6,12-15,21,23-24,28,31-32,35-36H,7-11,16-20,22,25-27H2,(H,41,48)(H,42,47)(H,43,49)/t31-,32-,35-,36-/m0/s1. The lowest BCUT2D eigenvalue weighted by Crippen LogP contribution is -2.48. The van der Waals surface area contributed by atoms with Crippen LogP contribution in [0.1, 0.15) is 89.9 Å². The zero-order valence-corrected chi connectivity index (χ0v) is 29.1. The van der Waals surface area contributed by atoms with Crippen molar-refractivity contribution in [3.8, 4) is 0 Å². The molecule has 2 aromatic carbocycles. The van der Waals surface area contributed by atoms with Gasteiger partial charge in [-0.2, -0.15) is 5.10 Å².